The van der Waals surface area contributed by atoms with Crippen molar-refractivity contribution in [2.75, 3.05) is 12.4 Å². The van der Waals surface area contributed by atoms with Crippen LogP contribution >= 0.6 is 11.3 Å². The summed E-state index contributed by atoms with van der Waals surface area (Å²) < 4.78 is 10.5. The molecule has 1 aromatic heterocycles. The van der Waals surface area contributed by atoms with E-state index in [9.17, 15) is 14.4 Å². The molecule has 0 saturated heterocycles. The molecule has 2 amide bonds. The van der Waals surface area contributed by atoms with Crippen molar-refractivity contribution in [3.8, 4) is 5.75 Å². The van der Waals surface area contributed by atoms with Crippen LogP contribution in [0.3, 0.4) is 0 Å². The van der Waals surface area contributed by atoms with E-state index in [0.29, 0.717) is 22.1 Å². The van der Waals surface area contributed by atoms with Crippen molar-refractivity contribution >= 4 is 40.9 Å². The molecular weight excluding hydrogens is 442 g/mol. The lowest BCUT2D eigenvalue weighted by atomic mass is 10.2. The second-order valence-corrected chi connectivity index (χ2v) is 7.83. The molecule has 0 spiro atoms. The number of rotatable bonds is 9. The summed E-state index contributed by atoms with van der Waals surface area (Å²) in [6.45, 7) is 1.23. The Kier molecular flexibility index (Phi) is 8.31. The Morgan fingerprint density at radius 1 is 1.06 bits per heavy atom. The zero-order chi connectivity index (χ0) is 23.6. The Labute approximate surface area is 195 Å². The van der Waals surface area contributed by atoms with E-state index in [1.54, 1.807) is 41.8 Å². The maximum atomic E-state index is 12.5. The fraction of sp³-hybridized carbons (Fsp3) is 0.167. The van der Waals surface area contributed by atoms with Gasteiger partial charge in [-0.1, -0.05) is 42.5 Å². The van der Waals surface area contributed by atoms with Crippen LogP contribution in [0.1, 0.15) is 23.2 Å². The molecule has 0 fully saturated rings. The van der Waals surface area contributed by atoms with E-state index in [1.807, 2.05) is 24.3 Å². The number of carbonyl (C=O) groups excluding carboxylic acids is 3. The first-order chi connectivity index (χ1) is 15.9. The van der Waals surface area contributed by atoms with Gasteiger partial charge in [0.1, 0.15) is 23.1 Å². The quantitative estimate of drug-likeness (QED) is 0.370. The van der Waals surface area contributed by atoms with Crippen molar-refractivity contribution in [2.24, 2.45) is 0 Å². The van der Waals surface area contributed by atoms with Gasteiger partial charge in [-0.2, -0.15) is 0 Å². The van der Waals surface area contributed by atoms with Crippen LogP contribution in [0.5, 0.6) is 5.75 Å². The standard InChI is InChI=1S/C24H23N3O5S/c1-16(28)25-20(12-17-8-4-3-5-9-17)24(30)32-14-18-15-33-23(26-18)13-22(29)27-19-10-6-7-11-21(19)31-2/h3-12,15H,13-14H2,1-2H3,(H,25,28)(H,27,29)/b20-12-. The number of anilines is 1. The van der Waals surface area contributed by atoms with E-state index < -0.39 is 5.97 Å². The molecule has 33 heavy (non-hydrogen) atoms. The number of para-hydroxylation sites is 2. The van der Waals surface area contributed by atoms with Crippen LogP contribution in [0.4, 0.5) is 5.69 Å². The largest absolute Gasteiger partial charge is 0.495 e. The van der Waals surface area contributed by atoms with Gasteiger partial charge >= 0.3 is 5.97 Å². The van der Waals surface area contributed by atoms with Crippen LogP contribution < -0.4 is 15.4 Å². The molecule has 0 bridgehead atoms. The van der Waals surface area contributed by atoms with E-state index >= 15 is 0 Å². The number of nitrogens with one attached hydrogen (secondary N) is 2. The van der Waals surface area contributed by atoms with E-state index in [1.165, 1.54) is 25.4 Å². The topological polar surface area (TPSA) is 107 Å². The van der Waals surface area contributed by atoms with Gasteiger partial charge in [0.05, 0.1) is 24.9 Å². The molecule has 170 valence electrons. The third-order valence-corrected chi connectivity index (χ3v) is 5.18. The number of aromatic nitrogens is 1. The number of methoxy groups -OCH3 is 1. The Bertz CT molecular complexity index is 1160. The van der Waals surface area contributed by atoms with E-state index in [-0.39, 0.29) is 30.5 Å². The van der Waals surface area contributed by atoms with Gasteiger partial charge < -0.3 is 20.1 Å². The highest BCUT2D eigenvalue weighted by Crippen LogP contribution is 2.23. The van der Waals surface area contributed by atoms with Crippen molar-refractivity contribution < 1.29 is 23.9 Å². The summed E-state index contributed by atoms with van der Waals surface area (Å²) in [6, 6.07) is 16.2. The van der Waals surface area contributed by atoms with Gasteiger partial charge in [-0.05, 0) is 23.8 Å². The van der Waals surface area contributed by atoms with Gasteiger partial charge in [-0.3, -0.25) is 9.59 Å². The maximum absolute atomic E-state index is 12.5. The Hall–Kier alpha value is -3.98. The second-order valence-electron chi connectivity index (χ2n) is 6.88. The van der Waals surface area contributed by atoms with Crippen molar-refractivity contribution in [1.82, 2.24) is 10.3 Å². The first-order valence-corrected chi connectivity index (χ1v) is 10.9. The molecule has 0 unspecified atom stereocenters. The summed E-state index contributed by atoms with van der Waals surface area (Å²) in [4.78, 5) is 40.7. The number of carbonyl (C=O) groups is 3. The lowest BCUT2D eigenvalue weighted by Crippen LogP contribution is -2.26. The van der Waals surface area contributed by atoms with Gasteiger partial charge in [0, 0.05) is 12.3 Å². The summed E-state index contributed by atoms with van der Waals surface area (Å²) in [7, 11) is 1.53. The van der Waals surface area contributed by atoms with Crippen molar-refractivity contribution in [3.63, 3.8) is 0 Å². The lowest BCUT2D eigenvalue weighted by molar-refractivity contribution is -0.141. The summed E-state index contributed by atoms with van der Waals surface area (Å²) in [5, 5.41) is 7.59. The molecule has 2 N–H and O–H groups in total. The molecule has 3 rings (SSSR count). The van der Waals surface area contributed by atoms with E-state index in [2.05, 4.69) is 15.6 Å². The zero-order valence-electron chi connectivity index (χ0n) is 18.2. The predicted octanol–water partition coefficient (Wildman–Crippen LogP) is 3.55. The molecule has 1 heterocycles. The minimum atomic E-state index is -0.683. The lowest BCUT2D eigenvalue weighted by Gasteiger charge is -2.09. The highest BCUT2D eigenvalue weighted by atomic mass is 32.1. The van der Waals surface area contributed by atoms with Crippen LogP contribution in [0.15, 0.2) is 65.7 Å². The number of hydrogen-bond acceptors (Lipinski definition) is 7. The molecule has 0 aliphatic heterocycles. The number of ether oxygens (including phenoxy) is 2. The molecular formula is C24H23N3O5S. The summed E-state index contributed by atoms with van der Waals surface area (Å²) in [5.41, 5.74) is 1.86. The number of esters is 1. The molecule has 0 aliphatic carbocycles. The summed E-state index contributed by atoms with van der Waals surface area (Å²) >= 11 is 1.29. The van der Waals surface area contributed by atoms with Crippen LogP contribution in [0, 0.1) is 0 Å². The number of hydrogen-bond donors (Lipinski definition) is 2. The summed E-state index contributed by atoms with van der Waals surface area (Å²) in [6.07, 6.45) is 1.61. The van der Waals surface area contributed by atoms with Crippen LogP contribution in [-0.4, -0.2) is 29.9 Å². The smallest absolute Gasteiger partial charge is 0.355 e. The Morgan fingerprint density at radius 2 is 1.79 bits per heavy atom. The number of nitrogens with zero attached hydrogens (tertiary/aromatic N) is 1. The van der Waals surface area contributed by atoms with Gasteiger partial charge in [-0.15, -0.1) is 11.3 Å². The highest BCUT2D eigenvalue weighted by molar-refractivity contribution is 7.09. The first-order valence-electron chi connectivity index (χ1n) is 10.0. The van der Waals surface area contributed by atoms with Gasteiger partial charge in [0.2, 0.25) is 11.8 Å². The minimum absolute atomic E-state index is 0.0281. The average molecular weight is 466 g/mol. The van der Waals surface area contributed by atoms with E-state index in [4.69, 9.17) is 9.47 Å². The fourth-order valence-corrected chi connectivity index (χ4v) is 3.62. The Morgan fingerprint density at radius 3 is 2.52 bits per heavy atom. The predicted molar refractivity (Wildman–Crippen MR) is 125 cm³/mol. The fourth-order valence-electron chi connectivity index (χ4n) is 2.84. The zero-order valence-corrected chi connectivity index (χ0v) is 19.0. The molecule has 0 atom stereocenters. The minimum Gasteiger partial charge on any atom is -0.495 e. The average Bonchev–Trinajstić information content (AvgIpc) is 3.24. The summed E-state index contributed by atoms with van der Waals surface area (Å²) in [5.74, 6) is -0.740. The molecule has 3 aromatic rings. The molecule has 9 heteroatoms. The third kappa shape index (κ3) is 7.29. The van der Waals surface area contributed by atoms with E-state index in [0.717, 1.165) is 5.56 Å². The van der Waals surface area contributed by atoms with Gasteiger partial charge in [0.25, 0.3) is 0 Å². The third-order valence-electron chi connectivity index (χ3n) is 4.28. The highest BCUT2D eigenvalue weighted by Gasteiger charge is 2.15. The SMILES string of the molecule is COc1ccccc1NC(=O)Cc1nc(COC(=O)/C(=C/c2ccccc2)NC(C)=O)cs1. The Balaban J connectivity index is 1.58. The van der Waals surface area contributed by atoms with Crippen LogP contribution in [0.2, 0.25) is 0 Å². The number of amides is 2. The van der Waals surface area contributed by atoms with Crippen molar-refractivity contribution in [1.29, 1.82) is 0 Å². The molecule has 0 radical (unpaired) electrons. The number of benzene rings is 2. The molecule has 8 nitrogen and oxygen atoms in total. The first kappa shape index (κ1) is 23.7. The van der Waals surface area contributed by atoms with Crippen LogP contribution in [-0.2, 0) is 32.1 Å². The molecule has 0 saturated carbocycles. The number of thiazole rings is 1. The van der Waals surface area contributed by atoms with Crippen molar-refractivity contribution in [3.05, 3.63) is 81.9 Å². The molecule has 2 aromatic carbocycles. The monoisotopic (exact) mass is 465 g/mol. The van der Waals surface area contributed by atoms with Crippen LogP contribution in [0.25, 0.3) is 6.08 Å². The van der Waals surface area contributed by atoms with Gasteiger partial charge in [0.15, 0.2) is 0 Å². The maximum Gasteiger partial charge on any atom is 0.355 e. The molecule has 0 aliphatic rings. The van der Waals surface area contributed by atoms with Crippen molar-refractivity contribution in [2.45, 2.75) is 20.0 Å². The van der Waals surface area contributed by atoms with Gasteiger partial charge in [-0.25, -0.2) is 9.78 Å². The second kappa shape index (κ2) is 11.6. The normalized spacial score (nSPS) is 10.9.